The topological polar surface area (TPSA) is 84.2 Å². The Bertz CT molecular complexity index is 1010. The van der Waals surface area contributed by atoms with Crippen molar-refractivity contribution in [3.05, 3.63) is 52.8 Å². The molecule has 0 fully saturated rings. The van der Waals surface area contributed by atoms with Gasteiger partial charge in [-0.2, -0.15) is 4.98 Å². The summed E-state index contributed by atoms with van der Waals surface area (Å²) in [6.07, 6.45) is 2.58. The Labute approximate surface area is 163 Å². The number of aryl methyl sites for hydroxylation is 2. The van der Waals surface area contributed by atoms with Crippen LogP contribution in [0.3, 0.4) is 0 Å². The average molecular weight is 377 g/mol. The number of hydrogen-bond donors (Lipinski definition) is 1. The lowest BCUT2D eigenvalue weighted by Crippen LogP contribution is -2.42. The third-order valence-corrected chi connectivity index (χ3v) is 5.02. The highest BCUT2D eigenvalue weighted by molar-refractivity contribution is 5.75. The normalized spacial score (nSPS) is 13.3. The molecule has 7 nitrogen and oxygen atoms in total. The number of carbonyl (C=O) groups excluding carboxylic acids is 1. The molecule has 2 aromatic heterocycles. The minimum Gasteiger partial charge on any atom is -0.338 e. The quantitative estimate of drug-likeness (QED) is 0.755. The van der Waals surface area contributed by atoms with E-state index in [9.17, 15) is 4.79 Å². The number of nitrogens with zero attached hydrogens (tertiary/aromatic N) is 4. The van der Waals surface area contributed by atoms with E-state index in [1.807, 2.05) is 51.2 Å². The molecule has 1 aliphatic rings. The lowest BCUT2D eigenvalue weighted by Gasteiger charge is -2.29. The third-order valence-electron chi connectivity index (χ3n) is 5.02. The fourth-order valence-corrected chi connectivity index (χ4v) is 3.52. The molecule has 2 amide bonds. The van der Waals surface area contributed by atoms with Crippen LogP contribution in [0.5, 0.6) is 0 Å². The van der Waals surface area contributed by atoms with Gasteiger partial charge in [0.15, 0.2) is 0 Å². The van der Waals surface area contributed by atoms with Crippen molar-refractivity contribution in [2.45, 2.75) is 33.7 Å². The first-order valence-electron chi connectivity index (χ1n) is 9.48. The smallest absolute Gasteiger partial charge is 0.317 e. The lowest BCUT2D eigenvalue weighted by molar-refractivity contribution is 0.193. The summed E-state index contributed by atoms with van der Waals surface area (Å²) in [5, 5.41) is 7.07. The summed E-state index contributed by atoms with van der Waals surface area (Å²) >= 11 is 0. The first kappa shape index (κ1) is 18.2. The lowest BCUT2D eigenvalue weighted by atomic mass is 9.94. The Morgan fingerprint density at radius 1 is 1.25 bits per heavy atom. The van der Waals surface area contributed by atoms with E-state index in [1.165, 1.54) is 5.56 Å². The summed E-state index contributed by atoms with van der Waals surface area (Å²) in [5.41, 5.74) is 6.01. The van der Waals surface area contributed by atoms with Gasteiger partial charge in [0.1, 0.15) is 0 Å². The average Bonchev–Trinajstić information content (AvgIpc) is 3.18. The molecule has 0 unspecified atom stereocenters. The number of rotatable bonds is 3. The van der Waals surface area contributed by atoms with Crippen molar-refractivity contribution >= 4 is 6.03 Å². The summed E-state index contributed by atoms with van der Waals surface area (Å²) in [7, 11) is 0. The second-order valence-corrected chi connectivity index (χ2v) is 7.02. The Hall–Kier alpha value is -3.22. The van der Waals surface area contributed by atoms with Crippen LogP contribution in [0.25, 0.3) is 22.8 Å². The Kier molecular flexibility index (Phi) is 4.81. The minimum atomic E-state index is -0.0449. The zero-order valence-corrected chi connectivity index (χ0v) is 16.3. The van der Waals surface area contributed by atoms with E-state index >= 15 is 0 Å². The molecule has 0 saturated carbocycles. The molecule has 7 heteroatoms. The fraction of sp³-hybridized carbons (Fsp3) is 0.333. The van der Waals surface area contributed by atoms with E-state index < -0.39 is 0 Å². The number of carbonyl (C=O) groups is 1. The maximum Gasteiger partial charge on any atom is 0.317 e. The minimum absolute atomic E-state index is 0.0449. The van der Waals surface area contributed by atoms with Crippen LogP contribution in [0.1, 0.15) is 29.3 Å². The van der Waals surface area contributed by atoms with Gasteiger partial charge in [0.25, 0.3) is 5.89 Å². The molecule has 3 heterocycles. The van der Waals surface area contributed by atoms with E-state index in [0.29, 0.717) is 31.3 Å². The van der Waals surface area contributed by atoms with Crippen molar-refractivity contribution < 1.29 is 9.32 Å². The summed E-state index contributed by atoms with van der Waals surface area (Å²) in [4.78, 5) is 23.1. The zero-order valence-electron chi connectivity index (χ0n) is 16.3. The van der Waals surface area contributed by atoms with Crippen LogP contribution >= 0.6 is 0 Å². The second-order valence-electron chi connectivity index (χ2n) is 7.02. The molecular weight excluding hydrogens is 354 g/mol. The predicted octanol–water partition coefficient (Wildman–Crippen LogP) is 3.50. The van der Waals surface area contributed by atoms with Crippen molar-refractivity contribution in [3.8, 4) is 22.8 Å². The van der Waals surface area contributed by atoms with Crippen LogP contribution in [0.2, 0.25) is 0 Å². The summed E-state index contributed by atoms with van der Waals surface area (Å²) in [5.74, 6) is 1.04. The number of pyridine rings is 1. The highest BCUT2D eigenvalue weighted by Crippen LogP contribution is 2.31. The molecule has 28 heavy (non-hydrogen) atoms. The largest absolute Gasteiger partial charge is 0.338 e. The van der Waals surface area contributed by atoms with Crippen molar-refractivity contribution in [1.82, 2.24) is 25.3 Å². The molecule has 4 rings (SSSR count). The molecular formula is C21H23N5O2. The third kappa shape index (κ3) is 3.35. The molecule has 3 aromatic rings. The van der Waals surface area contributed by atoms with Crippen LogP contribution < -0.4 is 5.32 Å². The van der Waals surface area contributed by atoms with Gasteiger partial charge in [-0.05, 0) is 50.5 Å². The highest BCUT2D eigenvalue weighted by Gasteiger charge is 2.26. The number of benzene rings is 1. The van der Waals surface area contributed by atoms with Gasteiger partial charge in [-0.25, -0.2) is 4.79 Å². The van der Waals surface area contributed by atoms with E-state index in [0.717, 1.165) is 34.4 Å². The highest BCUT2D eigenvalue weighted by atomic mass is 16.5. The molecule has 0 radical (unpaired) electrons. The summed E-state index contributed by atoms with van der Waals surface area (Å²) in [6.45, 7) is 7.71. The van der Waals surface area contributed by atoms with Gasteiger partial charge < -0.3 is 14.7 Å². The van der Waals surface area contributed by atoms with Gasteiger partial charge in [-0.15, -0.1) is 0 Å². The maximum absolute atomic E-state index is 12.2. The zero-order chi connectivity index (χ0) is 19.7. The first-order chi connectivity index (χ1) is 13.6. The molecule has 144 valence electrons. The Morgan fingerprint density at radius 2 is 2.04 bits per heavy atom. The number of urea groups is 1. The number of amides is 2. The molecule has 0 bridgehead atoms. The standard InChI is InChI=1S/C21H23N5O2/c1-4-22-21(27)26-10-9-17-16(12-26)11-23-14(3)18(17)19-24-20(28-25-19)15-7-5-13(2)6-8-15/h5-8,11H,4,9-10,12H2,1-3H3,(H,22,27). The first-order valence-corrected chi connectivity index (χ1v) is 9.48. The number of fused-ring (bicyclic) bond motifs is 1. The number of nitrogens with one attached hydrogen (secondary N) is 1. The monoisotopic (exact) mass is 377 g/mol. The molecule has 0 atom stereocenters. The van der Waals surface area contributed by atoms with Gasteiger partial charge in [0.2, 0.25) is 5.82 Å². The van der Waals surface area contributed by atoms with Gasteiger partial charge in [-0.1, -0.05) is 22.9 Å². The summed E-state index contributed by atoms with van der Waals surface area (Å²) in [6, 6.07) is 7.94. The SMILES string of the molecule is CCNC(=O)N1CCc2c(cnc(C)c2-c2noc(-c3ccc(C)cc3)n2)C1. The molecule has 0 saturated heterocycles. The van der Waals surface area contributed by atoms with Gasteiger partial charge in [-0.3, -0.25) is 4.98 Å². The number of hydrogen-bond acceptors (Lipinski definition) is 5. The molecule has 1 aromatic carbocycles. The van der Waals surface area contributed by atoms with Crippen LogP contribution in [0.4, 0.5) is 4.79 Å². The number of aromatic nitrogens is 3. The van der Waals surface area contributed by atoms with E-state index in [4.69, 9.17) is 4.52 Å². The second kappa shape index (κ2) is 7.42. The van der Waals surface area contributed by atoms with Gasteiger partial charge >= 0.3 is 6.03 Å². The molecule has 1 aliphatic heterocycles. The summed E-state index contributed by atoms with van der Waals surface area (Å²) < 4.78 is 5.52. The van der Waals surface area contributed by atoms with Crippen LogP contribution in [-0.4, -0.2) is 39.1 Å². The fourth-order valence-electron chi connectivity index (χ4n) is 3.52. The van der Waals surface area contributed by atoms with E-state index in [-0.39, 0.29) is 6.03 Å². The maximum atomic E-state index is 12.2. The van der Waals surface area contributed by atoms with E-state index in [1.54, 1.807) is 4.90 Å². The van der Waals surface area contributed by atoms with Crippen molar-refractivity contribution in [3.63, 3.8) is 0 Å². The molecule has 0 aliphatic carbocycles. The van der Waals surface area contributed by atoms with Gasteiger partial charge in [0.05, 0.1) is 0 Å². The van der Waals surface area contributed by atoms with Crippen LogP contribution in [-0.2, 0) is 13.0 Å². The van der Waals surface area contributed by atoms with Crippen molar-refractivity contribution in [2.75, 3.05) is 13.1 Å². The van der Waals surface area contributed by atoms with Crippen LogP contribution in [0.15, 0.2) is 35.0 Å². The van der Waals surface area contributed by atoms with E-state index in [2.05, 4.69) is 20.4 Å². The Morgan fingerprint density at radius 3 is 2.79 bits per heavy atom. The molecule has 1 N–H and O–H groups in total. The van der Waals surface area contributed by atoms with Crippen molar-refractivity contribution in [2.24, 2.45) is 0 Å². The van der Waals surface area contributed by atoms with Gasteiger partial charge in [0, 0.05) is 42.7 Å². The molecule has 0 spiro atoms. The van der Waals surface area contributed by atoms with Crippen LogP contribution in [0, 0.1) is 13.8 Å². The van der Waals surface area contributed by atoms with Crippen molar-refractivity contribution in [1.29, 1.82) is 0 Å². The predicted molar refractivity (Wildman–Crippen MR) is 106 cm³/mol. The Balaban J connectivity index is 1.67.